The molecule has 0 aromatic heterocycles. The Kier molecular flexibility index (Phi) is 3.68. The first-order chi connectivity index (χ1) is 9.63. The third-order valence-corrected chi connectivity index (χ3v) is 4.86. The maximum absolute atomic E-state index is 12.4. The van der Waals surface area contributed by atoms with Crippen LogP contribution < -0.4 is 5.32 Å². The zero-order valence-corrected chi connectivity index (χ0v) is 11.6. The predicted molar refractivity (Wildman–Crippen MR) is 74.3 cm³/mol. The normalized spacial score (nSPS) is 32.6. The highest BCUT2D eigenvalue weighted by atomic mass is 16.4. The Hall–Kier alpha value is -1.52. The lowest BCUT2D eigenvalue weighted by molar-refractivity contribution is -0.138. The van der Waals surface area contributed by atoms with Crippen LogP contribution in [0, 0.1) is 5.92 Å². The molecule has 2 amide bonds. The average Bonchev–Trinajstić information content (AvgIpc) is 2.95. The number of amides is 2. The van der Waals surface area contributed by atoms with Gasteiger partial charge in [0.15, 0.2) is 0 Å². The SMILES string of the molecule is O=C(O)CC1CC2CCC(C1)N2C(=O)NC1CC=CC1. The number of fused-ring (bicyclic) bond motifs is 2. The summed E-state index contributed by atoms with van der Waals surface area (Å²) in [6.45, 7) is 0. The van der Waals surface area contributed by atoms with E-state index in [9.17, 15) is 9.59 Å². The number of nitrogens with one attached hydrogen (secondary N) is 1. The Morgan fingerprint density at radius 2 is 1.75 bits per heavy atom. The number of piperidine rings is 1. The van der Waals surface area contributed by atoms with Gasteiger partial charge in [-0.1, -0.05) is 12.2 Å². The maximum Gasteiger partial charge on any atom is 0.318 e. The first-order valence-electron chi connectivity index (χ1n) is 7.59. The zero-order chi connectivity index (χ0) is 14.1. The number of nitrogens with zero attached hydrogens (tertiary/aromatic N) is 1. The second kappa shape index (κ2) is 5.46. The van der Waals surface area contributed by atoms with E-state index in [0.29, 0.717) is 0 Å². The molecule has 2 bridgehead atoms. The molecular formula is C15H22N2O3. The van der Waals surface area contributed by atoms with Crippen LogP contribution >= 0.6 is 0 Å². The number of rotatable bonds is 3. The van der Waals surface area contributed by atoms with Crippen LogP contribution in [0.2, 0.25) is 0 Å². The fourth-order valence-electron chi connectivity index (χ4n) is 4.02. The molecule has 20 heavy (non-hydrogen) atoms. The third-order valence-electron chi connectivity index (χ3n) is 4.86. The van der Waals surface area contributed by atoms with Crippen molar-refractivity contribution in [2.24, 2.45) is 5.92 Å². The van der Waals surface area contributed by atoms with Crippen LogP contribution in [-0.4, -0.2) is 40.1 Å². The van der Waals surface area contributed by atoms with Gasteiger partial charge in [-0.05, 0) is 44.4 Å². The van der Waals surface area contributed by atoms with Crippen molar-refractivity contribution in [1.29, 1.82) is 0 Å². The molecule has 3 aliphatic rings. The van der Waals surface area contributed by atoms with Gasteiger partial charge >= 0.3 is 12.0 Å². The van der Waals surface area contributed by atoms with Crippen LogP contribution in [0.25, 0.3) is 0 Å². The number of hydrogen-bond donors (Lipinski definition) is 2. The summed E-state index contributed by atoms with van der Waals surface area (Å²) in [5, 5.41) is 12.0. The molecule has 0 aromatic rings. The molecule has 0 spiro atoms. The fourth-order valence-corrected chi connectivity index (χ4v) is 4.02. The van der Waals surface area contributed by atoms with Crippen molar-refractivity contribution in [2.45, 2.75) is 63.1 Å². The van der Waals surface area contributed by atoms with Gasteiger partial charge in [0.2, 0.25) is 0 Å². The monoisotopic (exact) mass is 278 g/mol. The Balaban J connectivity index is 1.58. The largest absolute Gasteiger partial charge is 0.481 e. The van der Waals surface area contributed by atoms with Crippen LogP contribution in [0.1, 0.15) is 44.9 Å². The van der Waals surface area contributed by atoms with Crippen LogP contribution in [-0.2, 0) is 4.79 Å². The quantitative estimate of drug-likeness (QED) is 0.777. The van der Waals surface area contributed by atoms with Crippen molar-refractivity contribution in [3.63, 3.8) is 0 Å². The van der Waals surface area contributed by atoms with Crippen molar-refractivity contribution in [2.75, 3.05) is 0 Å². The summed E-state index contributed by atoms with van der Waals surface area (Å²) in [5.41, 5.74) is 0. The number of carbonyl (C=O) groups excluding carboxylic acids is 1. The van der Waals surface area contributed by atoms with E-state index < -0.39 is 5.97 Å². The molecule has 2 N–H and O–H groups in total. The Bertz CT molecular complexity index is 413. The lowest BCUT2D eigenvalue weighted by atomic mass is 9.88. The molecule has 3 rings (SSSR count). The van der Waals surface area contributed by atoms with Gasteiger partial charge in [-0.2, -0.15) is 0 Å². The molecule has 110 valence electrons. The van der Waals surface area contributed by atoms with Crippen LogP contribution in [0.4, 0.5) is 4.79 Å². The summed E-state index contributed by atoms with van der Waals surface area (Å²) in [4.78, 5) is 25.3. The Morgan fingerprint density at radius 1 is 1.15 bits per heavy atom. The summed E-state index contributed by atoms with van der Waals surface area (Å²) in [6, 6.07) is 0.790. The first-order valence-corrected chi connectivity index (χ1v) is 7.59. The van der Waals surface area contributed by atoms with Crippen LogP contribution in [0.15, 0.2) is 12.2 Å². The number of aliphatic carboxylic acids is 1. The molecule has 2 unspecified atom stereocenters. The zero-order valence-electron chi connectivity index (χ0n) is 11.6. The standard InChI is InChI=1S/C15H22N2O3/c18-14(19)9-10-7-12-5-6-13(8-10)17(12)15(20)16-11-3-1-2-4-11/h1-2,10-13H,3-9H2,(H,16,20)(H,18,19). The molecule has 1 aliphatic carbocycles. The minimum atomic E-state index is -0.718. The minimum absolute atomic E-state index is 0.0555. The molecule has 0 saturated carbocycles. The summed E-state index contributed by atoms with van der Waals surface area (Å²) in [7, 11) is 0. The molecule has 0 aromatic carbocycles. The lowest BCUT2D eigenvalue weighted by Gasteiger charge is -2.39. The summed E-state index contributed by atoms with van der Waals surface area (Å²) in [5.74, 6) is -0.480. The molecule has 2 aliphatic heterocycles. The number of carboxylic acids is 1. The van der Waals surface area contributed by atoms with Crippen molar-refractivity contribution < 1.29 is 14.7 Å². The smallest absolute Gasteiger partial charge is 0.318 e. The average molecular weight is 278 g/mol. The second-order valence-corrected chi connectivity index (χ2v) is 6.32. The Morgan fingerprint density at radius 3 is 2.30 bits per heavy atom. The highest BCUT2D eigenvalue weighted by Crippen LogP contribution is 2.39. The molecular weight excluding hydrogens is 256 g/mol. The van der Waals surface area contributed by atoms with Gasteiger partial charge in [-0.3, -0.25) is 4.79 Å². The van der Waals surface area contributed by atoms with Gasteiger partial charge in [0.05, 0.1) is 0 Å². The van der Waals surface area contributed by atoms with Crippen LogP contribution in [0.3, 0.4) is 0 Å². The van der Waals surface area contributed by atoms with Gasteiger partial charge in [0.25, 0.3) is 0 Å². The fraction of sp³-hybridized carbons (Fsp3) is 0.733. The first kappa shape index (κ1) is 13.5. The molecule has 5 heteroatoms. The second-order valence-electron chi connectivity index (χ2n) is 6.32. The van der Waals surface area contributed by atoms with Crippen molar-refractivity contribution in [3.05, 3.63) is 12.2 Å². The van der Waals surface area contributed by atoms with Gasteiger partial charge in [-0.25, -0.2) is 4.79 Å². The van der Waals surface area contributed by atoms with Crippen molar-refractivity contribution in [1.82, 2.24) is 10.2 Å². The number of carboxylic acid groups (broad SMARTS) is 1. The third kappa shape index (κ3) is 2.67. The van der Waals surface area contributed by atoms with E-state index in [4.69, 9.17) is 5.11 Å². The molecule has 5 nitrogen and oxygen atoms in total. The van der Waals surface area contributed by atoms with E-state index in [0.717, 1.165) is 38.5 Å². The number of urea groups is 1. The molecule has 2 atom stereocenters. The topological polar surface area (TPSA) is 69.6 Å². The van der Waals surface area contributed by atoms with E-state index in [1.54, 1.807) is 0 Å². The van der Waals surface area contributed by atoms with Crippen molar-refractivity contribution in [3.8, 4) is 0 Å². The number of hydrogen-bond acceptors (Lipinski definition) is 2. The molecule has 2 saturated heterocycles. The van der Waals surface area contributed by atoms with E-state index in [1.807, 2.05) is 4.90 Å². The van der Waals surface area contributed by atoms with Gasteiger partial charge < -0.3 is 15.3 Å². The Labute approximate surface area is 119 Å². The summed E-state index contributed by atoms with van der Waals surface area (Å²) >= 11 is 0. The van der Waals surface area contributed by atoms with E-state index >= 15 is 0 Å². The molecule has 2 fully saturated rings. The molecule has 0 radical (unpaired) electrons. The predicted octanol–water partition coefficient (Wildman–Crippen LogP) is 2.13. The minimum Gasteiger partial charge on any atom is -0.481 e. The molecule has 2 heterocycles. The van der Waals surface area contributed by atoms with Gasteiger partial charge in [0.1, 0.15) is 0 Å². The number of carbonyl (C=O) groups is 2. The van der Waals surface area contributed by atoms with E-state index in [1.165, 1.54) is 0 Å². The highest BCUT2D eigenvalue weighted by molar-refractivity contribution is 5.76. The highest BCUT2D eigenvalue weighted by Gasteiger charge is 2.43. The lowest BCUT2D eigenvalue weighted by Crippen LogP contribution is -2.52. The van der Waals surface area contributed by atoms with Crippen molar-refractivity contribution >= 4 is 12.0 Å². The maximum atomic E-state index is 12.4. The van der Waals surface area contributed by atoms with E-state index in [2.05, 4.69) is 17.5 Å². The van der Waals surface area contributed by atoms with E-state index in [-0.39, 0.29) is 36.5 Å². The summed E-state index contributed by atoms with van der Waals surface area (Å²) < 4.78 is 0. The van der Waals surface area contributed by atoms with Gasteiger partial charge in [-0.15, -0.1) is 0 Å². The summed E-state index contributed by atoms with van der Waals surface area (Å²) in [6.07, 6.45) is 10.1. The van der Waals surface area contributed by atoms with Gasteiger partial charge in [0, 0.05) is 24.5 Å². The van der Waals surface area contributed by atoms with Crippen LogP contribution in [0.5, 0.6) is 0 Å².